The Kier molecular flexibility index (Phi) is 6.32. The summed E-state index contributed by atoms with van der Waals surface area (Å²) in [6.45, 7) is 4.06. The fourth-order valence-corrected chi connectivity index (χ4v) is 3.19. The fraction of sp³-hybridized carbons (Fsp3) is 0.273. The summed E-state index contributed by atoms with van der Waals surface area (Å²) in [5.41, 5.74) is 2.28. The highest BCUT2D eigenvalue weighted by atomic mass is 16.5. The molecule has 1 N–H and O–H groups in total. The Morgan fingerprint density at radius 2 is 1.61 bits per heavy atom. The number of amides is 2. The molecular weight excluding hydrogens is 354 g/mol. The van der Waals surface area contributed by atoms with Crippen LogP contribution in [-0.4, -0.2) is 50.0 Å². The number of anilines is 1. The lowest BCUT2D eigenvalue weighted by Gasteiger charge is -2.36. The maximum Gasteiger partial charge on any atom is 0.270 e. The molecule has 0 aromatic heterocycles. The molecule has 2 aromatic rings. The Morgan fingerprint density at radius 3 is 2.18 bits per heavy atom. The molecule has 1 aliphatic heterocycles. The van der Waals surface area contributed by atoms with Crippen molar-refractivity contribution in [2.45, 2.75) is 6.92 Å². The smallest absolute Gasteiger partial charge is 0.270 e. The summed E-state index contributed by atoms with van der Waals surface area (Å²) in [4.78, 5) is 28.6. The topological polar surface area (TPSA) is 61.9 Å². The number of hydrogen-bond donors (Lipinski definition) is 1. The Hall–Kier alpha value is -3.28. The highest BCUT2D eigenvalue weighted by molar-refractivity contribution is 6.01. The number of hydrogen-bond acceptors (Lipinski definition) is 4. The molecule has 0 radical (unpaired) electrons. The van der Waals surface area contributed by atoms with Gasteiger partial charge in [-0.2, -0.15) is 0 Å². The van der Waals surface area contributed by atoms with Gasteiger partial charge in [0.15, 0.2) is 0 Å². The van der Waals surface area contributed by atoms with Crippen LogP contribution in [0.3, 0.4) is 0 Å². The number of benzene rings is 2. The van der Waals surface area contributed by atoms with Gasteiger partial charge in [-0.15, -0.1) is 0 Å². The van der Waals surface area contributed by atoms with E-state index >= 15 is 0 Å². The van der Waals surface area contributed by atoms with Crippen molar-refractivity contribution in [3.05, 3.63) is 65.9 Å². The number of nitrogens with zero attached hydrogens (tertiary/aromatic N) is 2. The number of piperazine rings is 1. The van der Waals surface area contributed by atoms with Gasteiger partial charge in [0.05, 0.1) is 7.11 Å². The zero-order chi connectivity index (χ0) is 19.9. The maximum absolute atomic E-state index is 13.0. The molecule has 3 rings (SSSR count). The highest BCUT2D eigenvalue weighted by Crippen LogP contribution is 2.21. The lowest BCUT2D eigenvalue weighted by Crippen LogP contribution is -2.50. The Bertz CT molecular complexity index is 839. The fourth-order valence-electron chi connectivity index (χ4n) is 3.19. The van der Waals surface area contributed by atoms with Crippen LogP contribution in [0.25, 0.3) is 6.08 Å². The van der Waals surface area contributed by atoms with E-state index in [1.807, 2.05) is 54.6 Å². The lowest BCUT2D eigenvalue weighted by atomic mass is 10.1. The number of nitrogens with one attached hydrogen (secondary N) is 1. The molecule has 0 spiro atoms. The van der Waals surface area contributed by atoms with Crippen LogP contribution in [0.4, 0.5) is 5.69 Å². The van der Waals surface area contributed by atoms with Gasteiger partial charge in [0, 0.05) is 38.8 Å². The van der Waals surface area contributed by atoms with Gasteiger partial charge in [0.25, 0.3) is 5.91 Å². The molecule has 1 aliphatic rings. The summed E-state index contributed by atoms with van der Waals surface area (Å²) in [5.74, 6) is 0.407. The van der Waals surface area contributed by atoms with Crippen LogP contribution < -0.4 is 15.0 Å². The normalized spacial score (nSPS) is 14.6. The summed E-state index contributed by atoms with van der Waals surface area (Å²) >= 11 is 0. The van der Waals surface area contributed by atoms with Crippen LogP contribution in [0.2, 0.25) is 0 Å². The van der Waals surface area contributed by atoms with Crippen LogP contribution in [0.5, 0.6) is 5.75 Å². The minimum atomic E-state index is -0.257. The molecule has 0 unspecified atom stereocenters. The zero-order valence-electron chi connectivity index (χ0n) is 16.2. The predicted octanol–water partition coefficient (Wildman–Crippen LogP) is 2.52. The molecular formula is C22H25N3O3. The number of carbonyl (C=O) groups is 2. The zero-order valence-corrected chi connectivity index (χ0v) is 16.2. The maximum atomic E-state index is 13.0. The van der Waals surface area contributed by atoms with Gasteiger partial charge in [-0.05, 0) is 35.9 Å². The molecule has 0 aliphatic carbocycles. The Labute approximate surface area is 165 Å². The number of methoxy groups -OCH3 is 1. The highest BCUT2D eigenvalue weighted by Gasteiger charge is 2.24. The molecule has 0 atom stereocenters. The number of carbonyl (C=O) groups excluding carboxylic acids is 2. The minimum absolute atomic E-state index is 0.159. The van der Waals surface area contributed by atoms with E-state index < -0.39 is 0 Å². The van der Waals surface area contributed by atoms with Crippen LogP contribution in [0, 0.1) is 0 Å². The van der Waals surface area contributed by atoms with E-state index in [9.17, 15) is 9.59 Å². The van der Waals surface area contributed by atoms with Crippen molar-refractivity contribution >= 4 is 23.6 Å². The molecule has 2 aromatic carbocycles. The first-order valence-electron chi connectivity index (χ1n) is 9.29. The van der Waals surface area contributed by atoms with Crippen molar-refractivity contribution in [1.82, 2.24) is 10.2 Å². The monoisotopic (exact) mass is 379 g/mol. The third-order valence-corrected chi connectivity index (χ3v) is 4.66. The third-order valence-electron chi connectivity index (χ3n) is 4.66. The lowest BCUT2D eigenvalue weighted by molar-refractivity contribution is -0.129. The molecule has 0 saturated carbocycles. The molecule has 2 amide bonds. The summed E-state index contributed by atoms with van der Waals surface area (Å²) in [6, 6.07) is 17.4. The molecule has 146 valence electrons. The van der Waals surface area contributed by atoms with Crippen molar-refractivity contribution in [3.8, 4) is 5.75 Å². The molecule has 1 fully saturated rings. The average Bonchev–Trinajstić information content (AvgIpc) is 2.73. The van der Waals surface area contributed by atoms with Gasteiger partial charge in [-0.1, -0.05) is 30.3 Å². The van der Waals surface area contributed by atoms with E-state index in [-0.39, 0.29) is 11.8 Å². The van der Waals surface area contributed by atoms with Gasteiger partial charge in [-0.3, -0.25) is 9.59 Å². The van der Waals surface area contributed by atoms with Gasteiger partial charge < -0.3 is 19.9 Å². The van der Waals surface area contributed by atoms with E-state index in [1.54, 1.807) is 18.1 Å². The van der Waals surface area contributed by atoms with E-state index in [4.69, 9.17) is 4.74 Å². The Balaban J connectivity index is 1.67. The van der Waals surface area contributed by atoms with Crippen LogP contribution in [0.1, 0.15) is 12.5 Å². The van der Waals surface area contributed by atoms with Crippen molar-refractivity contribution in [1.29, 1.82) is 0 Å². The second-order valence-electron chi connectivity index (χ2n) is 6.63. The molecule has 28 heavy (non-hydrogen) atoms. The van der Waals surface area contributed by atoms with Crippen LogP contribution in [-0.2, 0) is 9.59 Å². The average molecular weight is 379 g/mol. The number of ether oxygens (including phenoxy) is 1. The molecule has 0 bridgehead atoms. The Morgan fingerprint density at radius 1 is 0.964 bits per heavy atom. The van der Waals surface area contributed by atoms with Crippen molar-refractivity contribution in [2.24, 2.45) is 0 Å². The van der Waals surface area contributed by atoms with E-state index in [0.717, 1.165) is 30.1 Å². The van der Waals surface area contributed by atoms with Gasteiger partial charge >= 0.3 is 0 Å². The minimum Gasteiger partial charge on any atom is -0.497 e. The summed E-state index contributed by atoms with van der Waals surface area (Å²) in [6.07, 6.45) is 1.72. The van der Waals surface area contributed by atoms with Crippen molar-refractivity contribution in [2.75, 3.05) is 38.2 Å². The summed E-state index contributed by atoms with van der Waals surface area (Å²) in [5, 5.41) is 2.68. The van der Waals surface area contributed by atoms with Gasteiger partial charge in [-0.25, -0.2) is 0 Å². The summed E-state index contributed by atoms with van der Waals surface area (Å²) in [7, 11) is 1.65. The van der Waals surface area contributed by atoms with Crippen LogP contribution in [0.15, 0.2) is 60.3 Å². The first kappa shape index (κ1) is 19.5. The second-order valence-corrected chi connectivity index (χ2v) is 6.63. The van der Waals surface area contributed by atoms with Gasteiger partial charge in [0.1, 0.15) is 11.4 Å². The van der Waals surface area contributed by atoms with E-state index in [2.05, 4.69) is 10.2 Å². The van der Waals surface area contributed by atoms with Gasteiger partial charge in [0.2, 0.25) is 5.91 Å². The largest absolute Gasteiger partial charge is 0.497 e. The molecule has 1 heterocycles. The first-order chi connectivity index (χ1) is 13.6. The van der Waals surface area contributed by atoms with Crippen molar-refractivity contribution < 1.29 is 14.3 Å². The quantitative estimate of drug-likeness (QED) is 0.811. The van der Waals surface area contributed by atoms with E-state index in [1.165, 1.54) is 6.92 Å². The standard InChI is InChI=1S/C22H25N3O3/c1-17(26)23-21(16-18-6-4-3-5-7-18)22(27)25-14-12-24(13-15-25)19-8-10-20(28-2)11-9-19/h3-11,16H,12-15H2,1-2H3,(H,23,26)/b21-16-. The molecule has 1 saturated heterocycles. The third kappa shape index (κ3) is 4.91. The second kappa shape index (κ2) is 9.08. The first-order valence-corrected chi connectivity index (χ1v) is 9.29. The number of rotatable bonds is 5. The predicted molar refractivity (Wildman–Crippen MR) is 110 cm³/mol. The van der Waals surface area contributed by atoms with Crippen molar-refractivity contribution in [3.63, 3.8) is 0 Å². The molecule has 6 nitrogen and oxygen atoms in total. The SMILES string of the molecule is COc1ccc(N2CCN(C(=O)/C(=C/c3ccccc3)NC(C)=O)CC2)cc1. The molecule has 6 heteroatoms. The summed E-state index contributed by atoms with van der Waals surface area (Å²) < 4.78 is 5.20. The van der Waals surface area contributed by atoms with Crippen LogP contribution >= 0.6 is 0 Å². The van der Waals surface area contributed by atoms with E-state index in [0.29, 0.717) is 18.8 Å².